The minimum Gasteiger partial charge on any atom is -0.282 e. The van der Waals surface area contributed by atoms with Crippen molar-refractivity contribution in [3.05, 3.63) is 68.0 Å². The Morgan fingerprint density at radius 1 is 1.17 bits per heavy atom. The first-order valence-corrected chi connectivity index (χ1v) is 10.8. The maximum absolute atomic E-state index is 13.2. The predicted molar refractivity (Wildman–Crippen MR) is 119 cm³/mol. The van der Waals surface area contributed by atoms with E-state index in [2.05, 4.69) is 15.5 Å². The number of carbonyl (C=O) groups is 1. The lowest BCUT2D eigenvalue weighted by Gasteiger charge is -2.17. The summed E-state index contributed by atoms with van der Waals surface area (Å²) in [5.41, 5.74) is 0.732. The smallest absolute Gasteiger partial charge is 0.282 e. The average molecular weight is 497 g/mol. The molecule has 0 saturated heterocycles. The van der Waals surface area contributed by atoms with Gasteiger partial charge in [-0.1, -0.05) is 0 Å². The molecule has 0 bridgehead atoms. The number of imidazole rings is 1. The molecule has 16 heteroatoms. The molecule has 0 atom stereocenters. The van der Waals surface area contributed by atoms with Gasteiger partial charge in [0.05, 0.1) is 31.8 Å². The van der Waals surface area contributed by atoms with E-state index in [1.165, 1.54) is 13.0 Å². The molecule has 0 unspecified atom stereocenters. The molecule has 35 heavy (non-hydrogen) atoms. The first-order chi connectivity index (χ1) is 16.4. The fourth-order valence-electron chi connectivity index (χ4n) is 3.41. The van der Waals surface area contributed by atoms with E-state index in [1.54, 1.807) is 0 Å². The molecule has 0 spiro atoms. The van der Waals surface area contributed by atoms with E-state index in [9.17, 15) is 43.3 Å². The van der Waals surface area contributed by atoms with Crippen LogP contribution >= 0.6 is 0 Å². The summed E-state index contributed by atoms with van der Waals surface area (Å²) < 4.78 is 33.2. The number of hydrazone groups is 1. The number of carbonyl (C=O) groups excluding carboxylic acids is 1. The van der Waals surface area contributed by atoms with Crippen molar-refractivity contribution in [1.82, 2.24) is 9.55 Å². The van der Waals surface area contributed by atoms with Gasteiger partial charge in [0.25, 0.3) is 21.7 Å². The van der Waals surface area contributed by atoms with Gasteiger partial charge in [0.2, 0.25) is 0 Å². The van der Waals surface area contributed by atoms with E-state index in [0.29, 0.717) is 0 Å². The Morgan fingerprint density at radius 2 is 1.89 bits per heavy atom. The summed E-state index contributed by atoms with van der Waals surface area (Å²) in [4.78, 5) is 37.5. The summed E-state index contributed by atoms with van der Waals surface area (Å²) >= 11 is 0. The molecule has 176 valence electrons. The average Bonchev–Trinajstić information content (AvgIpc) is 3.17. The lowest BCUT2D eigenvalue weighted by atomic mass is 10.0. The van der Waals surface area contributed by atoms with Crippen LogP contribution in [-0.4, -0.2) is 44.0 Å². The van der Waals surface area contributed by atoms with E-state index in [4.69, 9.17) is 0 Å². The molecule has 2 N–H and O–H groups in total. The van der Waals surface area contributed by atoms with Gasteiger partial charge < -0.3 is 0 Å². The van der Waals surface area contributed by atoms with Crippen LogP contribution in [-0.2, 0) is 10.1 Å². The summed E-state index contributed by atoms with van der Waals surface area (Å²) in [7, 11) is -4.55. The van der Waals surface area contributed by atoms with E-state index in [0.717, 1.165) is 34.9 Å². The Labute approximate surface area is 194 Å². The Hall–Kier alpha value is -5.01. The molecule has 3 aromatic rings. The summed E-state index contributed by atoms with van der Waals surface area (Å²) in [5, 5.41) is 35.9. The molecule has 15 nitrogen and oxygen atoms in total. The fraction of sp³-hybridized carbons (Fsp3) is 0.0526. The largest absolute Gasteiger partial charge is 0.301 e. The van der Waals surface area contributed by atoms with Crippen molar-refractivity contribution in [3.63, 3.8) is 0 Å². The van der Waals surface area contributed by atoms with Crippen molar-refractivity contribution in [2.24, 2.45) is 5.10 Å². The van der Waals surface area contributed by atoms with Gasteiger partial charge in [-0.15, -0.1) is 0 Å². The summed E-state index contributed by atoms with van der Waals surface area (Å²) in [6.45, 7) is 1.40. The maximum atomic E-state index is 13.2. The van der Waals surface area contributed by atoms with E-state index >= 15 is 0 Å². The van der Waals surface area contributed by atoms with Crippen LogP contribution in [0.4, 0.5) is 17.1 Å². The highest BCUT2D eigenvalue weighted by Gasteiger charge is 2.33. The van der Waals surface area contributed by atoms with Crippen molar-refractivity contribution < 1.29 is 27.6 Å². The first kappa shape index (κ1) is 23.2. The van der Waals surface area contributed by atoms with Gasteiger partial charge in [-0.25, -0.2) is 4.98 Å². The Kier molecular flexibility index (Phi) is 5.35. The number of hydrogen-bond donors (Lipinski definition) is 2. The van der Waals surface area contributed by atoms with E-state index < -0.39 is 42.1 Å². The van der Waals surface area contributed by atoms with Gasteiger partial charge in [0, 0.05) is 11.6 Å². The highest BCUT2D eigenvalue weighted by molar-refractivity contribution is 7.85. The third-order valence-electron chi connectivity index (χ3n) is 5.07. The summed E-state index contributed by atoms with van der Waals surface area (Å²) in [6, 6.07) is 7.98. The second-order valence-corrected chi connectivity index (χ2v) is 8.52. The number of allylic oxidation sites excluding steroid dienone is 2. The number of anilines is 1. The van der Waals surface area contributed by atoms with Crippen molar-refractivity contribution in [1.29, 1.82) is 5.26 Å². The number of aromatic nitrogens is 2. The molecule has 0 amide bonds. The highest BCUT2D eigenvalue weighted by Crippen LogP contribution is 2.32. The number of nitrogens with one attached hydrogen (secondary N) is 1. The third-order valence-corrected chi connectivity index (χ3v) is 5.92. The van der Waals surface area contributed by atoms with Crippen molar-refractivity contribution in [3.8, 4) is 6.07 Å². The Bertz CT molecular complexity index is 1700. The van der Waals surface area contributed by atoms with Crippen LogP contribution in [0.25, 0.3) is 16.6 Å². The zero-order chi connectivity index (χ0) is 25.7. The standard InChI is InChI=1S/C19H11N7O8S/c1-9-12(8-20)18-21-14-7-11(35(32,33)34)3-5-15(14)24(18)19(27)17(9)23-22-13-4-2-10(25(28)29)6-16(13)26(30)31/h2-7,22H,1H3,(H,32,33,34)/b23-17+. The minimum atomic E-state index is -4.55. The molecule has 0 fully saturated rings. The van der Waals surface area contributed by atoms with Crippen molar-refractivity contribution >= 4 is 55.4 Å². The summed E-state index contributed by atoms with van der Waals surface area (Å²) in [6.07, 6.45) is 0. The number of non-ortho nitro benzene ring substituents is 1. The molecule has 1 aliphatic rings. The minimum absolute atomic E-state index is 0.00393. The number of benzene rings is 2. The highest BCUT2D eigenvalue weighted by atomic mass is 32.2. The van der Waals surface area contributed by atoms with Crippen LogP contribution in [0, 0.1) is 31.6 Å². The van der Waals surface area contributed by atoms with Gasteiger partial charge in [0.15, 0.2) is 11.5 Å². The van der Waals surface area contributed by atoms with Gasteiger partial charge in [-0.05, 0) is 31.2 Å². The number of rotatable bonds is 5. The number of nitro benzene ring substituents is 2. The molecule has 0 aliphatic carbocycles. The number of nitriles is 1. The van der Waals surface area contributed by atoms with Gasteiger partial charge in [-0.3, -0.25) is 39.6 Å². The second-order valence-electron chi connectivity index (χ2n) is 7.10. The zero-order valence-electron chi connectivity index (χ0n) is 17.4. The van der Waals surface area contributed by atoms with Gasteiger partial charge >= 0.3 is 5.69 Å². The lowest BCUT2D eigenvalue weighted by molar-refractivity contribution is -0.393. The van der Waals surface area contributed by atoms with Crippen LogP contribution < -0.4 is 5.43 Å². The normalized spacial score (nSPS) is 14.7. The third kappa shape index (κ3) is 3.86. The van der Waals surface area contributed by atoms with E-state index in [-0.39, 0.29) is 39.4 Å². The fourth-order valence-corrected chi connectivity index (χ4v) is 3.91. The molecule has 1 aliphatic heterocycles. The van der Waals surface area contributed by atoms with Crippen LogP contribution in [0.3, 0.4) is 0 Å². The Morgan fingerprint density at radius 3 is 2.49 bits per heavy atom. The van der Waals surface area contributed by atoms with Crippen molar-refractivity contribution in [2.75, 3.05) is 5.43 Å². The number of hydrogen-bond acceptors (Lipinski definition) is 11. The second kappa shape index (κ2) is 8.09. The first-order valence-electron chi connectivity index (χ1n) is 9.37. The SMILES string of the molecule is CC1=C(C#N)c2nc3cc(S(=O)(=O)O)ccc3n2C(=O)/C1=N/Nc1ccc([N+](=O)[O-])cc1[N+](=O)[O-]. The monoisotopic (exact) mass is 497 g/mol. The molecule has 2 heterocycles. The molecule has 4 rings (SSSR count). The lowest BCUT2D eigenvalue weighted by Crippen LogP contribution is -2.30. The van der Waals surface area contributed by atoms with E-state index in [1.807, 2.05) is 6.07 Å². The molecule has 1 aromatic heterocycles. The van der Waals surface area contributed by atoms with Gasteiger partial charge in [0.1, 0.15) is 17.3 Å². The molecular formula is C19H11N7O8S. The predicted octanol–water partition coefficient (Wildman–Crippen LogP) is 2.52. The molecule has 0 saturated carbocycles. The number of nitro groups is 2. The van der Waals surface area contributed by atoms with Crippen LogP contribution in [0.5, 0.6) is 0 Å². The van der Waals surface area contributed by atoms with Gasteiger partial charge in [-0.2, -0.15) is 18.8 Å². The maximum Gasteiger partial charge on any atom is 0.301 e. The van der Waals surface area contributed by atoms with Crippen LogP contribution in [0.15, 0.2) is 52.0 Å². The Balaban J connectivity index is 1.84. The molecule has 2 aromatic carbocycles. The molecular weight excluding hydrogens is 486 g/mol. The number of nitrogens with zero attached hydrogens (tertiary/aromatic N) is 6. The molecule has 0 radical (unpaired) electrons. The summed E-state index contributed by atoms with van der Waals surface area (Å²) in [5.74, 6) is -0.867. The van der Waals surface area contributed by atoms with Crippen molar-refractivity contribution in [2.45, 2.75) is 11.8 Å². The number of fused-ring (bicyclic) bond motifs is 3. The van der Waals surface area contributed by atoms with Crippen LogP contribution in [0.2, 0.25) is 0 Å². The quantitative estimate of drug-likeness (QED) is 0.296. The zero-order valence-corrected chi connectivity index (χ0v) is 18.2. The van der Waals surface area contributed by atoms with Crippen LogP contribution in [0.1, 0.15) is 17.5 Å². The topological polar surface area (TPSA) is 224 Å².